The minimum absolute atomic E-state index is 0.00130. The van der Waals surface area contributed by atoms with E-state index in [1.807, 2.05) is 18.2 Å². The van der Waals surface area contributed by atoms with E-state index in [-0.39, 0.29) is 5.91 Å². The van der Waals surface area contributed by atoms with Crippen LogP contribution in [-0.2, 0) is 11.3 Å². The van der Waals surface area contributed by atoms with Gasteiger partial charge in [-0.05, 0) is 23.8 Å². The molecule has 1 aliphatic rings. The third-order valence-corrected chi connectivity index (χ3v) is 2.24. The lowest BCUT2D eigenvalue weighted by molar-refractivity contribution is 0.0966. The van der Waals surface area contributed by atoms with Crippen molar-refractivity contribution in [3.8, 4) is 11.8 Å². The summed E-state index contributed by atoms with van der Waals surface area (Å²) in [6.45, 7) is 1.03. The molecule has 1 heterocycles. The first-order valence-electron chi connectivity index (χ1n) is 4.70. The number of rotatable bonds is 1. The summed E-state index contributed by atoms with van der Waals surface area (Å²) in [5.74, 6) is 5.85. The minimum atomic E-state index is 0.00130. The van der Waals surface area contributed by atoms with Gasteiger partial charge in [-0.15, -0.1) is 0 Å². The standard InChI is InChI=1S/C12H11NO2/c1-15-6-2-3-9-4-5-11-10(7-9)8-13-12(11)14/h4-5,7H,6,8H2,1H3,(H,13,14). The van der Waals surface area contributed by atoms with Gasteiger partial charge in [0.2, 0.25) is 0 Å². The molecule has 0 unspecified atom stereocenters. The molecular formula is C12H11NO2. The third kappa shape index (κ3) is 2.00. The number of hydrogen-bond donors (Lipinski definition) is 1. The van der Waals surface area contributed by atoms with Crippen LogP contribution in [0.15, 0.2) is 18.2 Å². The number of carbonyl (C=O) groups is 1. The number of hydrogen-bond acceptors (Lipinski definition) is 2. The Morgan fingerprint density at radius 3 is 3.20 bits per heavy atom. The average Bonchev–Trinajstić information content (AvgIpc) is 2.61. The van der Waals surface area contributed by atoms with Crippen LogP contribution in [0.25, 0.3) is 0 Å². The van der Waals surface area contributed by atoms with Crippen LogP contribution in [0.2, 0.25) is 0 Å². The van der Waals surface area contributed by atoms with Crippen molar-refractivity contribution >= 4 is 5.91 Å². The highest BCUT2D eigenvalue weighted by atomic mass is 16.5. The van der Waals surface area contributed by atoms with Gasteiger partial charge in [0, 0.05) is 24.8 Å². The van der Waals surface area contributed by atoms with E-state index in [0.29, 0.717) is 13.2 Å². The minimum Gasteiger partial charge on any atom is -0.372 e. The summed E-state index contributed by atoms with van der Waals surface area (Å²) in [7, 11) is 1.61. The number of benzene rings is 1. The second-order valence-corrected chi connectivity index (χ2v) is 3.29. The van der Waals surface area contributed by atoms with Gasteiger partial charge in [0.15, 0.2) is 0 Å². The normalized spacial score (nSPS) is 12.7. The van der Waals surface area contributed by atoms with Gasteiger partial charge in [-0.25, -0.2) is 0 Å². The third-order valence-electron chi connectivity index (χ3n) is 2.24. The van der Waals surface area contributed by atoms with Crippen molar-refractivity contribution in [1.82, 2.24) is 5.32 Å². The molecule has 0 aliphatic carbocycles. The molecule has 0 fully saturated rings. The predicted octanol–water partition coefficient (Wildman–Crippen LogP) is 0.928. The topological polar surface area (TPSA) is 38.3 Å². The van der Waals surface area contributed by atoms with Gasteiger partial charge >= 0.3 is 0 Å². The van der Waals surface area contributed by atoms with E-state index in [4.69, 9.17) is 4.74 Å². The highest BCUT2D eigenvalue weighted by molar-refractivity contribution is 5.98. The maximum absolute atomic E-state index is 11.3. The first kappa shape index (κ1) is 9.75. The lowest BCUT2D eigenvalue weighted by Crippen LogP contribution is -2.12. The van der Waals surface area contributed by atoms with Crippen molar-refractivity contribution < 1.29 is 9.53 Å². The molecule has 1 aromatic carbocycles. The fourth-order valence-electron chi connectivity index (χ4n) is 1.52. The summed E-state index contributed by atoms with van der Waals surface area (Å²) in [6.07, 6.45) is 0. The Kier molecular flexibility index (Phi) is 2.70. The van der Waals surface area contributed by atoms with Crippen molar-refractivity contribution in [2.75, 3.05) is 13.7 Å². The van der Waals surface area contributed by atoms with Crippen LogP contribution in [0.3, 0.4) is 0 Å². The number of ether oxygens (including phenoxy) is 1. The molecule has 0 radical (unpaired) electrons. The molecule has 1 amide bonds. The molecule has 15 heavy (non-hydrogen) atoms. The van der Waals surface area contributed by atoms with Crippen molar-refractivity contribution in [2.24, 2.45) is 0 Å². The number of methoxy groups -OCH3 is 1. The fraction of sp³-hybridized carbons (Fsp3) is 0.250. The van der Waals surface area contributed by atoms with Crippen molar-refractivity contribution in [2.45, 2.75) is 6.54 Å². The monoisotopic (exact) mass is 201 g/mol. The first-order chi connectivity index (χ1) is 7.31. The molecule has 3 nitrogen and oxygen atoms in total. The lowest BCUT2D eigenvalue weighted by Gasteiger charge is -1.95. The van der Waals surface area contributed by atoms with Crippen LogP contribution in [-0.4, -0.2) is 19.6 Å². The Balaban J connectivity index is 2.24. The van der Waals surface area contributed by atoms with Gasteiger partial charge in [-0.3, -0.25) is 4.79 Å². The summed E-state index contributed by atoms with van der Waals surface area (Å²) in [6, 6.07) is 5.61. The summed E-state index contributed by atoms with van der Waals surface area (Å²) in [5.41, 5.74) is 2.69. The number of nitrogens with one attached hydrogen (secondary N) is 1. The second kappa shape index (κ2) is 4.16. The summed E-state index contributed by atoms with van der Waals surface area (Å²) in [4.78, 5) is 11.3. The van der Waals surface area contributed by atoms with E-state index in [2.05, 4.69) is 17.2 Å². The Morgan fingerprint density at radius 2 is 2.40 bits per heavy atom. The maximum Gasteiger partial charge on any atom is 0.251 e. The summed E-state index contributed by atoms with van der Waals surface area (Å²) >= 11 is 0. The van der Waals surface area contributed by atoms with Crippen LogP contribution >= 0.6 is 0 Å². The second-order valence-electron chi connectivity index (χ2n) is 3.29. The molecule has 0 atom stereocenters. The molecule has 0 saturated carbocycles. The Morgan fingerprint density at radius 1 is 1.53 bits per heavy atom. The van der Waals surface area contributed by atoms with Gasteiger partial charge < -0.3 is 10.1 Å². The Bertz CT molecular complexity index is 454. The van der Waals surface area contributed by atoms with Crippen LogP contribution in [0.1, 0.15) is 21.5 Å². The summed E-state index contributed by atoms with van der Waals surface area (Å²) in [5, 5.41) is 2.77. The molecule has 0 spiro atoms. The molecule has 1 aliphatic heterocycles. The number of carbonyl (C=O) groups excluding carboxylic acids is 1. The highest BCUT2D eigenvalue weighted by Gasteiger charge is 2.17. The van der Waals surface area contributed by atoms with Crippen LogP contribution < -0.4 is 5.32 Å². The molecule has 76 valence electrons. The highest BCUT2D eigenvalue weighted by Crippen LogP contribution is 2.16. The van der Waals surface area contributed by atoms with Crippen LogP contribution in [0.4, 0.5) is 0 Å². The Hall–Kier alpha value is -1.79. The van der Waals surface area contributed by atoms with Crippen molar-refractivity contribution in [3.63, 3.8) is 0 Å². The molecule has 0 saturated heterocycles. The molecular weight excluding hydrogens is 190 g/mol. The Labute approximate surface area is 88.4 Å². The average molecular weight is 201 g/mol. The molecule has 1 aromatic rings. The van der Waals surface area contributed by atoms with E-state index in [9.17, 15) is 4.79 Å². The zero-order valence-electron chi connectivity index (χ0n) is 8.46. The maximum atomic E-state index is 11.3. The molecule has 0 bridgehead atoms. The number of fused-ring (bicyclic) bond motifs is 1. The van der Waals surface area contributed by atoms with E-state index >= 15 is 0 Å². The largest absolute Gasteiger partial charge is 0.372 e. The molecule has 0 aromatic heterocycles. The molecule has 2 rings (SSSR count). The molecule has 3 heteroatoms. The van der Waals surface area contributed by atoms with E-state index in [0.717, 1.165) is 16.7 Å². The van der Waals surface area contributed by atoms with Crippen molar-refractivity contribution in [3.05, 3.63) is 34.9 Å². The van der Waals surface area contributed by atoms with Crippen LogP contribution in [0, 0.1) is 11.8 Å². The van der Waals surface area contributed by atoms with Gasteiger partial charge in [0.1, 0.15) is 6.61 Å². The van der Waals surface area contributed by atoms with Gasteiger partial charge in [0.05, 0.1) is 0 Å². The predicted molar refractivity (Wildman–Crippen MR) is 56.4 cm³/mol. The molecule has 1 N–H and O–H groups in total. The van der Waals surface area contributed by atoms with E-state index in [1.165, 1.54) is 0 Å². The van der Waals surface area contributed by atoms with Gasteiger partial charge in [-0.2, -0.15) is 0 Å². The zero-order chi connectivity index (χ0) is 10.7. The SMILES string of the molecule is COCC#Cc1ccc2c(c1)CNC2=O. The summed E-state index contributed by atoms with van der Waals surface area (Å²) < 4.78 is 4.83. The smallest absolute Gasteiger partial charge is 0.251 e. The first-order valence-corrected chi connectivity index (χ1v) is 4.70. The number of amides is 1. The van der Waals surface area contributed by atoms with E-state index in [1.54, 1.807) is 7.11 Å². The lowest BCUT2D eigenvalue weighted by atomic mass is 10.1. The van der Waals surface area contributed by atoms with Crippen LogP contribution in [0.5, 0.6) is 0 Å². The quantitative estimate of drug-likeness (QED) is 0.686. The van der Waals surface area contributed by atoms with Gasteiger partial charge in [-0.1, -0.05) is 11.8 Å². The fourth-order valence-corrected chi connectivity index (χ4v) is 1.52. The zero-order valence-corrected chi connectivity index (χ0v) is 8.46. The van der Waals surface area contributed by atoms with Gasteiger partial charge in [0.25, 0.3) is 5.91 Å². The van der Waals surface area contributed by atoms with E-state index < -0.39 is 0 Å². The van der Waals surface area contributed by atoms with Crippen molar-refractivity contribution in [1.29, 1.82) is 0 Å².